The molecule has 0 aromatic carbocycles. The van der Waals surface area contributed by atoms with Crippen LogP contribution in [0.1, 0.15) is 27.7 Å². The lowest BCUT2D eigenvalue weighted by Crippen LogP contribution is -2.53. The third kappa shape index (κ3) is 5.58. The van der Waals surface area contributed by atoms with Gasteiger partial charge in [-0.1, -0.05) is 13.8 Å². The molecule has 0 aromatic rings. The summed E-state index contributed by atoms with van der Waals surface area (Å²) < 4.78 is 0. The number of amides is 3. The molecular weight excluding hydrogens is 250 g/mol. The molecule has 0 aliphatic heterocycles. The van der Waals surface area contributed by atoms with E-state index >= 15 is 0 Å². The summed E-state index contributed by atoms with van der Waals surface area (Å²) in [5.41, 5.74) is 0. The molecule has 19 heavy (non-hydrogen) atoms. The van der Waals surface area contributed by atoms with Crippen LogP contribution in [-0.2, 0) is 9.59 Å². The molecule has 0 heterocycles. The highest BCUT2D eigenvalue weighted by molar-refractivity contribution is 5.88. The van der Waals surface area contributed by atoms with Gasteiger partial charge in [0.15, 0.2) is 0 Å². The monoisotopic (exact) mass is 273 g/mol. The van der Waals surface area contributed by atoms with Crippen molar-refractivity contribution in [3.8, 4) is 0 Å². The lowest BCUT2D eigenvalue weighted by Gasteiger charge is -2.23. The van der Waals surface area contributed by atoms with Gasteiger partial charge < -0.3 is 20.6 Å². The Morgan fingerprint density at radius 1 is 1.16 bits per heavy atom. The van der Waals surface area contributed by atoms with Crippen molar-refractivity contribution < 1.29 is 19.5 Å². The first-order valence-electron chi connectivity index (χ1n) is 6.25. The molecule has 0 fully saturated rings. The molecular formula is C12H23N3O4. The van der Waals surface area contributed by atoms with Crippen LogP contribution in [0.3, 0.4) is 0 Å². The van der Waals surface area contributed by atoms with E-state index in [4.69, 9.17) is 5.11 Å². The number of carboxylic acid groups (broad SMARTS) is 1. The van der Waals surface area contributed by atoms with Gasteiger partial charge in [0.1, 0.15) is 12.1 Å². The fourth-order valence-electron chi connectivity index (χ4n) is 1.44. The normalized spacial score (nSPS) is 13.6. The summed E-state index contributed by atoms with van der Waals surface area (Å²) in [6.07, 6.45) is 0. The zero-order chi connectivity index (χ0) is 15.2. The lowest BCUT2D eigenvalue weighted by atomic mass is 10.1. The molecule has 2 atom stereocenters. The Balaban J connectivity index is 4.45. The molecule has 110 valence electrons. The highest BCUT2D eigenvalue weighted by Gasteiger charge is 2.25. The summed E-state index contributed by atoms with van der Waals surface area (Å²) in [6.45, 7) is 7.30. The summed E-state index contributed by atoms with van der Waals surface area (Å²) in [6, 6.07) is -2.34. The van der Waals surface area contributed by atoms with Crippen LogP contribution in [0.5, 0.6) is 0 Å². The summed E-state index contributed by atoms with van der Waals surface area (Å²) in [5.74, 6) is -1.57. The predicted octanol–water partition coefficient (Wildman–Crippen LogP) is 0.262. The average molecular weight is 273 g/mol. The summed E-state index contributed by atoms with van der Waals surface area (Å²) in [4.78, 5) is 35.8. The van der Waals surface area contributed by atoms with Crippen molar-refractivity contribution in [1.82, 2.24) is 15.5 Å². The van der Waals surface area contributed by atoms with E-state index in [2.05, 4.69) is 10.6 Å². The van der Waals surface area contributed by atoms with Crippen LogP contribution in [0.15, 0.2) is 0 Å². The highest BCUT2D eigenvalue weighted by Crippen LogP contribution is 2.01. The topological polar surface area (TPSA) is 98.7 Å². The van der Waals surface area contributed by atoms with Crippen LogP contribution in [-0.4, -0.2) is 53.6 Å². The Hall–Kier alpha value is -1.79. The molecule has 0 rings (SSSR count). The van der Waals surface area contributed by atoms with E-state index in [0.29, 0.717) is 6.54 Å². The highest BCUT2D eigenvalue weighted by atomic mass is 16.4. The van der Waals surface area contributed by atoms with E-state index in [1.165, 1.54) is 4.90 Å². The molecule has 3 N–H and O–H groups in total. The molecule has 0 aromatic heterocycles. The van der Waals surface area contributed by atoms with E-state index in [1.54, 1.807) is 27.8 Å². The average Bonchev–Trinajstić information content (AvgIpc) is 2.32. The number of aliphatic carboxylic acids is 1. The zero-order valence-electron chi connectivity index (χ0n) is 12.1. The van der Waals surface area contributed by atoms with E-state index in [0.717, 1.165) is 0 Å². The first-order valence-corrected chi connectivity index (χ1v) is 6.25. The second-order valence-corrected chi connectivity index (χ2v) is 4.75. The Morgan fingerprint density at radius 3 is 2.05 bits per heavy atom. The van der Waals surface area contributed by atoms with E-state index in [-0.39, 0.29) is 11.8 Å². The molecule has 0 spiro atoms. The van der Waals surface area contributed by atoms with Crippen LogP contribution < -0.4 is 10.6 Å². The van der Waals surface area contributed by atoms with E-state index in [9.17, 15) is 14.4 Å². The van der Waals surface area contributed by atoms with Gasteiger partial charge in [0, 0.05) is 13.6 Å². The largest absolute Gasteiger partial charge is 0.480 e. The summed E-state index contributed by atoms with van der Waals surface area (Å²) in [5, 5.41) is 13.7. The number of carboxylic acids is 1. The lowest BCUT2D eigenvalue weighted by molar-refractivity contribution is -0.140. The summed E-state index contributed by atoms with van der Waals surface area (Å²) in [7, 11) is 1.63. The van der Waals surface area contributed by atoms with Crippen molar-refractivity contribution in [2.75, 3.05) is 13.6 Å². The van der Waals surface area contributed by atoms with Crippen molar-refractivity contribution >= 4 is 17.9 Å². The van der Waals surface area contributed by atoms with Crippen LogP contribution in [0.2, 0.25) is 0 Å². The number of likely N-dealkylation sites (N-methyl/N-ethyl adjacent to an activating group) is 1. The minimum atomic E-state index is -1.10. The fourth-order valence-corrected chi connectivity index (χ4v) is 1.44. The minimum Gasteiger partial charge on any atom is -0.480 e. The van der Waals surface area contributed by atoms with E-state index < -0.39 is 24.1 Å². The predicted molar refractivity (Wildman–Crippen MR) is 70.7 cm³/mol. The van der Waals surface area contributed by atoms with Crippen LogP contribution in [0, 0.1) is 5.92 Å². The molecule has 0 saturated carbocycles. The third-order valence-corrected chi connectivity index (χ3v) is 2.79. The van der Waals surface area contributed by atoms with Crippen molar-refractivity contribution in [3.63, 3.8) is 0 Å². The minimum absolute atomic E-state index is 0.228. The Kier molecular flexibility index (Phi) is 6.89. The van der Waals surface area contributed by atoms with Crippen molar-refractivity contribution in [2.45, 2.75) is 39.8 Å². The van der Waals surface area contributed by atoms with Crippen molar-refractivity contribution in [3.05, 3.63) is 0 Å². The molecule has 1 unspecified atom stereocenters. The molecule has 0 radical (unpaired) electrons. The third-order valence-electron chi connectivity index (χ3n) is 2.79. The van der Waals surface area contributed by atoms with Gasteiger partial charge in [-0.2, -0.15) is 0 Å². The Morgan fingerprint density at radius 2 is 1.68 bits per heavy atom. The second-order valence-electron chi connectivity index (χ2n) is 4.75. The smallest absolute Gasteiger partial charge is 0.326 e. The Labute approximate surface area is 113 Å². The number of carbonyl (C=O) groups is 3. The number of rotatable bonds is 6. The van der Waals surface area contributed by atoms with Crippen molar-refractivity contribution in [2.24, 2.45) is 5.92 Å². The van der Waals surface area contributed by atoms with Gasteiger partial charge in [0.2, 0.25) is 5.91 Å². The second kappa shape index (κ2) is 7.60. The van der Waals surface area contributed by atoms with Gasteiger partial charge in [-0.3, -0.25) is 4.79 Å². The molecule has 0 bridgehead atoms. The maximum Gasteiger partial charge on any atom is 0.326 e. The molecule has 3 amide bonds. The number of nitrogens with zero attached hydrogens (tertiary/aromatic N) is 1. The number of nitrogens with one attached hydrogen (secondary N) is 2. The first kappa shape index (κ1) is 17.2. The maximum absolute atomic E-state index is 11.7. The first-order chi connectivity index (χ1) is 8.70. The van der Waals surface area contributed by atoms with Crippen LogP contribution in [0.4, 0.5) is 4.79 Å². The number of hydrogen-bond acceptors (Lipinski definition) is 3. The van der Waals surface area contributed by atoms with Gasteiger partial charge >= 0.3 is 12.0 Å². The number of carbonyl (C=O) groups excluding carboxylic acids is 2. The quantitative estimate of drug-likeness (QED) is 0.646. The molecule has 0 aliphatic rings. The standard InChI is InChI=1S/C12H23N3O4/c1-6-15(5)10(16)8(4)13-12(19)14-9(7(2)3)11(17)18/h7-9H,6H2,1-5H3,(H,17,18)(H2,13,14,19)/t8?,9-/m0/s1. The molecule has 7 heteroatoms. The van der Waals surface area contributed by atoms with Crippen LogP contribution >= 0.6 is 0 Å². The molecule has 0 saturated heterocycles. The zero-order valence-corrected chi connectivity index (χ0v) is 12.1. The van der Waals surface area contributed by atoms with E-state index in [1.807, 2.05) is 6.92 Å². The number of urea groups is 1. The SMILES string of the molecule is CCN(C)C(=O)C(C)NC(=O)N[C@H](C(=O)O)C(C)C. The van der Waals surface area contributed by atoms with Gasteiger partial charge in [0.05, 0.1) is 0 Å². The van der Waals surface area contributed by atoms with Gasteiger partial charge in [0.25, 0.3) is 0 Å². The van der Waals surface area contributed by atoms with Gasteiger partial charge in [-0.05, 0) is 19.8 Å². The fraction of sp³-hybridized carbons (Fsp3) is 0.750. The summed E-state index contributed by atoms with van der Waals surface area (Å²) >= 11 is 0. The van der Waals surface area contributed by atoms with Crippen molar-refractivity contribution in [1.29, 1.82) is 0 Å². The maximum atomic E-state index is 11.7. The number of hydrogen-bond donors (Lipinski definition) is 3. The van der Waals surface area contributed by atoms with Crippen LogP contribution in [0.25, 0.3) is 0 Å². The molecule has 7 nitrogen and oxygen atoms in total. The molecule has 0 aliphatic carbocycles. The van der Waals surface area contributed by atoms with Gasteiger partial charge in [-0.25, -0.2) is 9.59 Å². The van der Waals surface area contributed by atoms with Gasteiger partial charge in [-0.15, -0.1) is 0 Å². The Bertz CT molecular complexity index is 344.